The SMILES string of the molecule is COc1cc(/C=N/NC(=O)C(=O)Nc2c(C)cccc2C)ccc1OCc1c(Cl)cccc1Cl. The lowest BCUT2D eigenvalue weighted by Crippen LogP contribution is -2.32. The molecule has 2 amide bonds. The summed E-state index contributed by atoms with van der Waals surface area (Å²) >= 11 is 12.4. The Morgan fingerprint density at radius 1 is 0.941 bits per heavy atom. The highest BCUT2D eigenvalue weighted by molar-refractivity contribution is 6.39. The van der Waals surface area contributed by atoms with Crippen LogP contribution in [0.15, 0.2) is 59.7 Å². The largest absolute Gasteiger partial charge is 0.493 e. The van der Waals surface area contributed by atoms with Crippen LogP contribution in [-0.4, -0.2) is 25.1 Å². The quantitative estimate of drug-likeness (QED) is 0.262. The van der Waals surface area contributed by atoms with Crippen molar-refractivity contribution in [1.82, 2.24) is 5.43 Å². The molecule has 0 saturated heterocycles. The number of ether oxygens (including phenoxy) is 2. The fraction of sp³-hybridized carbons (Fsp3) is 0.160. The number of amides is 2. The molecule has 34 heavy (non-hydrogen) atoms. The minimum atomic E-state index is -0.887. The van der Waals surface area contributed by atoms with E-state index >= 15 is 0 Å². The van der Waals surface area contributed by atoms with E-state index in [0.29, 0.717) is 38.4 Å². The van der Waals surface area contributed by atoms with Gasteiger partial charge in [0.15, 0.2) is 11.5 Å². The molecular weight excluding hydrogens is 477 g/mol. The Balaban J connectivity index is 1.61. The third kappa shape index (κ3) is 6.27. The summed E-state index contributed by atoms with van der Waals surface area (Å²) in [6.45, 7) is 3.86. The van der Waals surface area contributed by atoms with Gasteiger partial charge in [-0.25, -0.2) is 5.43 Å². The highest BCUT2D eigenvalue weighted by atomic mass is 35.5. The van der Waals surface area contributed by atoms with E-state index in [1.54, 1.807) is 36.4 Å². The highest BCUT2D eigenvalue weighted by Crippen LogP contribution is 2.31. The second-order valence-electron chi connectivity index (χ2n) is 7.32. The summed E-state index contributed by atoms with van der Waals surface area (Å²) in [7, 11) is 1.51. The number of carbonyl (C=O) groups is 2. The lowest BCUT2D eigenvalue weighted by molar-refractivity contribution is -0.136. The molecule has 0 aliphatic heterocycles. The molecular formula is C25H23Cl2N3O4. The Kier molecular flexibility index (Phi) is 8.51. The lowest BCUT2D eigenvalue weighted by Gasteiger charge is -2.13. The van der Waals surface area contributed by atoms with Crippen molar-refractivity contribution in [2.75, 3.05) is 12.4 Å². The van der Waals surface area contributed by atoms with E-state index in [1.807, 2.05) is 32.0 Å². The molecule has 0 unspecified atom stereocenters. The number of carbonyl (C=O) groups excluding carboxylic acids is 2. The van der Waals surface area contributed by atoms with Crippen molar-refractivity contribution < 1.29 is 19.1 Å². The zero-order valence-electron chi connectivity index (χ0n) is 18.8. The molecule has 0 saturated carbocycles. The molecule has 7 nitrogen and oxygen atoms in total. The van der Waals surface area contributed by atoms with Crippen LogP contribution in [0.1, 0.15) is 22.3 Å². The predicted octanol–water partition coefficient (Wildman–Crippen LogP) is 5.29. The number of halogens is 2. The molecule has 3 rings (SSSR count). The van der Waals surface area contributed by atoms with E-state index in [-0.39, 0.29) is 6.61 Å². The van der Waals surface area contributed by atoms with Gasteiger partial charge in [0, 0.05) is 21.3 Å². The number of para-hydroxylation sites is 1. The summed E-state index contributed by atoms with van der Waals surface area (Å²) < 4.78 is 11.2. The number of hydrogen-bond donors (Lipinski definition) is 2. The zero-order valence-corrected chi connectivity index (χ0v) is 20.3. The minimum absolute atomic E-state index is 0.161. The van der Waals surface area contributed by atoms with Gasteiger partial charge in [0.05, 0.1) is 13.3 Å². The lowest BCUT2D eigenvalue weighted by atomic mass is 10.1. The molecule has 0 bridgehead atoms. The van der Waals surface area contributed by atoms with Crippen molar-refractivity contribution in [3.05, 3.63) is 86.9 Å². The number of aryl methyl sites for hydroxylation is 2. The molecule has 0 spiro atoms. The van der Waals surface area contributed by atoms with Gasteiger partial charge in [-0.1, -0.05) is 47.5 Å². The monoisotopic (exact) mass is 499 g/mol. The minimum Gasteiger partial charge on any atom is -0.493 e. The number of nitrogens with one attached hydrogen (secondary N) is 2. The zero-order chi connectivity index (χ0) is 24.7. The first kappa shape index (κ1) is 25.1. The molecule has 2 N–H and O–H groups in total. The highest BCUT2D eigenvalue weighted by Gasteiger charge is 2.15. The summed E-state index contributed by atoms with van der Waals surface area (Å²) in [6.07, 6.45) is 1.39. The number of benzene rings is 3. The Morgan fingerprint density at radius 3 is 2.24 bits per heavy atom. The van der Waals surface area contributed by atoms with E-state index in [0.717, 1.165) is 11.1 Å². The van der Waals surface area contributed by atoms with Crippen LogP contribution in [0, 0.1) is 13.8 Å². The number of nitrogens with zero attached hydrogens (tertiary/aromatic N) is 1. The Hall–Kier alpha value is -3.55. The van der Waals surface area contributed by atoms with Crippen LogP contribution in [-0.2, 0) is 16.2 Å². The maximum absolute atomic E-state index is 12.2. The smallest absolute Gasteiger partial charge is 0.329 e. The average Bonchev–Trinajstić information content (AvgIpc) is 2.81. The maximum atomic E-state index is 12.2. The fourth-order valence-corrected chi connectivity index (χ4v) is 3.61. The normalized spacial score (nSPS) is 10.7. The van der Waals surface area contributed by atoms with E-state index in [2.05, 4.69) is 15.8 Å². The standard InChI is InChI=1S/C25H23Cl2N3O4/c1-15-6-4-7-16(2)23(15)29-24(31)25(32)30-28-13-17-10-11-21(22(12-17)33-3)34-14-18-19(26)8-5-9-20(18)27/h4-13H,14H2,1-3H3,(H,29,31)(H,30,32)/b28-13+. The first-order valence-electron chi connectivity index (χ1n) is 10.2. The predicted molar refractivity (Wildman–Crippen MR) is 134 cm³/mol. The van der Waals surface area contributed by atoms with Gasteiger partial charge in [0.25, 0.3) is 0 Å². The average molecular weight is 500 g/mol. The summed E-state index contributed by atoms with van der Waals surface area (Å²) in [4.78, 5) is 24.3. The third-order valence-corrected chi connectivity index (χ3v) is 5.64. The second kappa shape index (κ2) is 11.5. The van der Waals surface area contributed by atoms with Crippen LogP contribution in [0.25, 0.3) is 0 Å². The maximum Gasteiger partial charge on any atom is 0.329 e. The molecule has 0 aromatic heterocycles. The van der Waals surface area contributed by atoms with E-state index in [1.165, 1.54) is 13.3 Å². The van der Waals surface area contributed by atoms with Crippen LogP contribution in [0.3, 0.4) is 0 Å². The van der Waals surface area contributed by atoms with Gasteiger partial charge in [-0.2, -0.15) is 5.10 Å². The van der Waals surface area contributed by atoms with Crippen LogP contribution >= 0.6 is 23.2 Å². The molecule has 0 aliphatic carbocycles. The second-order valence-corrected chi connectivity index (χ2v) is 8.13. The molecule has 3 aromatic rings. The van der Waals surface area contributed by atoms with Crippen molar-refractivity contribution in [2.24, 2.45) is 5.10 Å². The summed E-state index contributed by atoms with van der Waals surface area (Å²) in [5, 5.41) is 7.48. The molecule has 0 aliphatic rings. The summed E-state index contributed by atoms with van der Waals surface area (Å²) in [6, 6.07) is 15.9. The van der Waals surface area contributed by atoms with Crippen LogP contribution in [0.2, 0.25) is 10.0 Å². The van der Waals surface area contributed by atoms with Crippen LogP contribution < -0.4 is 20.2 Å². The molecule has 9 heteroatoms. The number of anilines is 1. The third-order valence-electron chi connectivity index (χ3n) is 4.93. The van der Waals surface area contributed by atoms with Gasteiger partial charge < -0.3 is 14.8 Å². The van der Waals surface area contributed by atoms with E-state index in [9.17, 15) is 9.59 Å². The molecule has 0 atom stereocenters. The van der Waals surface area contributed by atoms with E-state index in [4.69, 9.17) is 32.7 Å². The van der Waals surface area contributed by atoms with Crippen LogP contribution in [0.4, 0.5) is 5.69 Å². The van der Waals surface area contributed by atoms with Gasteiger partial charge in [-0.3, -0.25) is 9.59 Å². The number of hydrazone groups is 1. The van der Waals surface area contributed by atoms with Gasteiger partial charge >= 0.3 is 11.8 Å². The van der Waals surface area contributed by atoms with Crippen molar-refractivity contribution in [2.45, 2.75) is 20.5 Å². The number of hydrogen-bond acceptors (Lipinski definition) is 5. The Morgan fingerprint density at radius 2 is 1.59 bits per heavy atom. The fourth-order valence-electron chi connectivity index (χ4n) is 3.10. The topological polar surface area (TPSA) is 89.0 Å². The molecule has 0 fully saturated rings. The van der Waals surface area contributed by atoms with Crippen molar-refractivity contribution in [3.63, 3.8) is 0 Å². The number of rotatable bonds is 7. The van der Waals surface area contributed by atoms with E-state index < -0.39 is 11.8 Å². The number of methoxy groups -OCH3 is 1. The molecule has 176 valence electrons. The summed E-state index contributed by atoms with van der Waals surface area (Å²) in [5.74, 6) is -0.768. The molecule has 0 heterocycles. The van der Waals surface area contributed by atoms with Gasteiger partial charge in [-0.15, -0.1) is 0 Å². The van der Waals surface area contributed by atoms with Crippen LogP contribution in [0.5, 0.6) is 11.5 Å². The van der Waals surface area contributed by atoms with Gasteiger partial charge in [0.1, 0.15) is 6.61 Å². The summed E-state index contributed by atoms with van der Waals surface area (Å²) in [5.41, 5.74) is 5.82. The van der Waals surface area contributed by atoms with Gasteiger partial charge in [-0.05, 0) is 60.9 Å². The van der Waals surface area contributed by atoms with Crippen molar-refractivity contribution >= 4 is 46.9 Å². The Bertz CT molecular complexity index is 1200. The molecule has 3 aromatic carbocycles. The first-order chi connectivity index (χ1) is 16.3. The van der Waals surface area contributed by atoms with Gasteiger partial charge in [0.2, 0.25) is 0 Å². The molecule has 0 radical (unpaired) electrons. The Labute approximate surface area is 207 Å². The first-order valence-corrected chi connectivity index (χ1v) is 11.0. The van der Waals surface area contributed by atoms with Crippen molar-refractivity contribution in [3.8, 4) is 11.5 Å². The van der Waals surface area contributed by atoms with Crippen molar-refractivity contribution in [1.29, 1.82) is 0 Å².